The number of benzene rings is 3. The SMILES string of the molecule is COc1ccc(C2(C(=O)N3CCNC(=O)C3)NC(c3ccc(Cl)cc3)C(c3ccc(Cl)cc3)N2)c(OCCF)c1. The molecule has 3 N–H and O–H groups in total. The number of nitrogens with zero attached hydrogens (tertiary/aromatic N) is 1. The molecule has 3 aromatic rings. The quantitative estimate of drug-likeness (QED) is 0.367. The molecule has 2 saturated heterocycles. The van der Waals surface area contributed by atoms with Crippen LogP contribution in [0.3, 0.4) is 0 Å². The molecule has 2 aliphatic heterocycles. The summed E-state index contributed by atoms with van der Waals surface area (Å²) >= 11 is 12.4. The lowest BCUT2D eigenvalue weighted by Crippen LogP contribution is -2.62. The fourth-order valence-corrected chi connectivity index (χ4v) is 5.47. The van der Waals surface area contributed by atoms with E-state index in [0.717, 1.165) is 11.1 Å². The molecule has 2 aliphatic rings. The first-order chi connectivity index (χ1) is 19.3. The Hall–Kier alpha value is -3.37. The van der Waals surface area contributed by atoms with Crippen LogP contribution in [0.15, 0.2) is 66.7 Å². The predicted octanol–water partition coefficient (Wildman–Crippen LogP) is 4.14. The van der Waals surface area contributed by atoms with Crippen LogP contribution in [-0.4, -0.2) is 56.7 Å². The third kappa shape index (κ3) is 5.60. The van der Waals surface area contributed by atoms with Gasteiger partial charge in [0.25, 0.3) is 5.91 Å². The van der Waals surface area contributed by atoms with E-state index in [1.165, 1.54) is 12.0 Å². The smallest absolute Gasteiger partial charge is 0.263 e. The number of ether oxygens (including phenoxy) is 2. The summed E-state index contributed by atoms with van der Waals surface area (Å²) < 4.78 is 24.5. The van der Waals surface area contributed by atoms with Crippen molar-refractivity contribution in [2.75, 3.05) is 40.0 Å². The van der Waals surface area contributed by atoms with Gasteiger partial charge in [0, 0.05) is 34.8 Å². The maximum atomic E-state index is 14.5. The minimum Gasteiger partial charge on any atom is -0.497 e. The van der Waals surface area contributed by atoms with Gasteiger partial charge in [0.1, 0.15) is 24.8 Å². The molecule has 2 fully saturated rings. The highest BCUT2D eigenvalue weighted by molar-refractivity contribution is 6.30. The number of alkyl halides is 1. The lowest BCUT2D eigenvalue weighted by molar-refractivity contribution is -0.144. The lowest BCUT2D eigenvalue weighted by atomic mass is 9.95. The van der Waals surface area contributed by atoms with E-state index < -0.39 is 24.4 Å². The van der Waals surface area contributed by atoms with Crippen LogP contribution >= 0.6 is 23.2 Å². The molecule has 2 heterocycles. The summed E-state index contributed by atoms with van der Waals surface area (Å²) in [7, 11) is 1.51. The summed E-state index contributed by atoms with van der Waals surface area (Å²) in [4.78, 5) is 28.3. The third-order valence-electron chi connectivity index (χ3n) is 7.11. The molecular formula is C29H29Cl2FN4O4. The second kappa shape index (κ2) is 12.0. The molecule has 8 nitrogen and oxygen atoms in total. The first kappa shape index (κ1) is 28.2. The van der Waals surface area contributed by atoms with E-state index in [4.69, 9.17) is 32.7 Å². The Morgan fingerprint density at radius 2 is 1.60 bits per heavy atom. The Labute approximate surface area is 241 Å². The van der Waals surface area contributed by atoms with Gasteiger partial charge in [-0.15, -0.1) is 0 Å². The Bertz CT molecular complexity index is 1320. The minimum atomic E-state index is -1.55. The molecule has 2 unspecified atom stereocenters. The number of nitrogens with one attached hydrogen (secondary N) is 3. The topological polar surface area (TPSA) is 91.9 Å². The largest absolute Gasteiger partial charge is 0.497 e. The first-order valence-corrected chi connectivity index (χ1v) is 13.6. The average Bonchev–Trinajstić information content (AvgIpc) is 3.38. The maximum absolute atomic E-state index is 14.5. The molecule has 40 heavy (non-hydrogen) atoms. The highest BCUT2D eigenvalue weighted by atomic mass is 35.5. The van der Waals surface area contributed by atoms with Crippen molar-refractivity contribution in [1.29, 1.82) is 0 Å². The van der Waals surface area contributed by atoms with E-state index in [1.807, 2.05) is 24.3 Å². The molecule has 2 amide bonds. The van der Waals surface area contributed by atoms with Crippen LogP contribution in [0, 0.1) is 0 Å². The zero-order valence-electron chi connectivity index (χ0n) is 21.8. The van der Waals surface area contributed by atoms with Crippen molar-refractivity contribution in [3.8, 4) is 11.5 Å². The Balaban J connectivity index is 1.68. The fourth-order valence-electron chi connectivity index (χ4n) is 5.22. The molecule has 0 radical (unpaired) electrons. The van der Waals surface area contributed by atoms with Gasteiger partial charge in [0.15, 0.2) is 5.66 Å². The minimum absolute atomic E-state index is 0.0992. The van der Waals surface area contributed by atoms with E-state index >= 15 is 0 Å². The van der Waals surface area contributed by atoms with Gasteiger partial charge in [0.2, 0.25) is 5.91 Å². The molecule has 0 saturated carbocycles. The fraction of sp³-hybridized carbons (Fsp3) is 0.310. The summed E-state index contributed by atoms with van der Waals surface area (Å²) in [6, 6.07) is 19.0. The molecule has 0 aliphatic carbocycles. The van der Waals surface area contributed by atoms with E-state index in [-0.39, 0.29) is 30.7 Å². The van der Waals surface area contributed by atoms with Gasteiger partial charge in [-0.3, -0.25) is 20.2 Å². The van der Waals surface area contributed by atoms with Crippen LogP contribution in [0.4, 0.5) is 4.39 Å². The molecule has 3 aromatic carbocycles. The molecule has 210 valence electrons. The molecule has 0 bridgehead atoms. The van der Waals surface area contributed by atoms with Crippen LogP contribution in [0.25, 0.3) is 0 Å². The Kier molecular flexibility index (Phi) is 8.46. The standard InChI is InChI=1S/C29H29Cl2FN4O4/c1-39-22-10-11-23(24(16-22)40-15-12-32)29(28(38)36-14-13-33-25(37)17-36)34-26(18-2-6-20(30)7-3-18)27(35-29)19-4-8-21(31)9-5-19/h2-11,16,26-27,34-35H,12-15,17H2,1H3,(H,33,37). The summed E-state index contributed by atoms with van der Waals surface area (Å²) in [5.41, 5.74) is 0.642. The van der Waals surface area contributed by atoms with Crippen molar-refractivity contribution in [2.24, 2.45) is 0 Å². The van der Waals surface area contributed by atoms with Gasteiger partial charge in [-0.1, -0.05) is 47.5 Å². The van der Waals surface area contributed by atoms with Crippen molar-refractivity contribution >= 4 is 35.0 Å². The van der Waals surface area contributed by atoms with Crippen molar-refractivity contribution in [3.63, 3.8) is 0 Å². The number of piperazine rings is 1. The summed E-state index contributed by atoms with van der Waals surface area (Å²) in [6.07, 6.45) is 0. The third-order valence-corrected chi connectivity index (χ3v) is 7.61. The number of amides is 2. The molecule has 2 atom stereocenters. The second-order valence-electron chi connectivity index (χ2n) is 9.57. The zero-order valence-corrected chi connectivity index (χ0v) is 23.3. The number of methoxy groups -OCH3 is 1. The highest BCUT2D eigenvalue weighted by Crippen LogP contribution is 2.45. The molecule has 11 heteroatoms. The van der Waals surface area contributed by atoms with Crippen LogP contribution in [0.1, 0.15) is 28.8 Å². The number of halogens is 3. The Morgan fingerprint density at radius 1 is 1.00 bits per heavy atom. The number of hydrogen-bond acceptors (Lipinski definition) is 6. The monoisotopic (exact) mass is 586 g/mol. The van der Waals surface area contributed by atoms with Gasteiger partial charge in [-0.05, 0) is 47.5 Å². The van der Waals surface area contributed by atoms with E-state index in [9.17, 15) is 14.0 Å². The van der Waals surface area contributed by atoms with Crippen LogP contribution in [0.5, 0.6) is 11.5 Å². The van der Waals surface area contributed by atoms with E-state index in [0.29, 0.717) is 34.4 Å². The van der Waals surface area contributed by atoms with Crippen molar-refractivity contribution in [2.45, 2.75) is 17.7 Å². The van der Waals surface area contributed by atoms with Crippen molar-refractivity contribution < 1.29 is 23.5 Å². The zero-order chi connectivity index (χ0) is 28.3. The normalized spacial score (nSPS) is 22.6. The summed E-state index contributed by atoms with van der Waals surface area (Å²) in [5, 5.41) is 11.0. The number of hydrogen-bond donors (Lipinski definition) is 3. The predicted molar refractivity (Wildman–Crippen MR) is 150 cm³/mol. The molecule has 5 rings (SSSR count). The van der Waals surface area contributed by atoms with Crippen molar-refractivity contribution in [3.05, 3.63) is 93.5 Å². The van der Waals surface area contributed by atoms with Gasteiger partial charge >= 0.3 is 0 Å². The Morgan fingerprint density at radius 3 is 2.12 bits per heavy atom. The van der Waals surface area contributed by atoms with Crippen LogP contribution in [-0.2, 0) is 15.3 Å². The molecule has 0 spiro atoms. The summed E-state index contributed by atoms with van der Waals surface area (Å²) in [6.45, 7) is -0.374. The van der Waals surface area contributed by atoms with E-state index in [2.05, 4.69) is 16.0 Å². The highest BCUT2D eigenvalue weighted by Gasteiger charge is 2.54. The van der Waals surface area contributed by atoms with Crippen molar-refractivity contribution in [1.82, 2.24) is 20.9 Å². The van der Waals surface area contributed by atoms with Crippen LogP contribution < -0.4 is 25.4 Å². The van der Waals surface area contributed by atoms with Gasteiger partial charge in [0.05, 0.1) is 25.7 Å². The second-order valence-corrected chi connectivity index (χ2v) is 10.4. The van der Waals surface area contributed by atoms with Gasteiger partial charge in [-0.2, -0.15) is 0 Å². The average molecular weight is 587 g/mol. The lowest BCUT2D eigenvalue weighted by Gasteiger charge is -2.37. The maximum Gasteiger partial charge on any atom is 0.263 e. The number of carbonyl (C=O) groups excluding carboxylic acids is 2. The van der Waals surface area contributed by atoms with Gasteiger partial charge < -0.3 is 19.7 Å². The first-order valence-electron chi connectivity index (χ1n) is 12.8. The molecule has 0 aromatic heterocycles. The number of carbonyl (C=O) groups is 2. The number of rotatable bonds is 8. The van der Waals surface area contributed by atoms with Crippen LogP contribution in [0.2, 0.25) is 10.0 Å². The van der Waals surface area contributed by atoms with Gasteiger partial charge in [-0.25, -0.2) is 4.39 Å². The summed E-state index contributed by atoms with van der Waals surface area (Å²) in [5.74, 6) is 0.144. The van der Waals surface area contributed by atoms with E-state index in [1.54, 1.807) is 42.5 Å². The molecular weight excluding hydrogens is 558 g/mol.